The highest BCUT2D eigenvalue weighted by Crippen LogP contribution is 2.29. The quantitative estimate of drug-likeness (QED) is 0.663. The van der Waals surface area contributed by atoms with Crippen molar-refractivity contribution in [2.75, 3.05) is 6.61 Å². The maximum atomic E-state index is 12.2. The highest BCUT2D eigenvalue weighted by Gasteiger charge is 2.10. The molecule has 0 aromatic heterocycles. The van der Waals surface area contributed by atoms with Crippen LogP contribution >= 0.6 is 12.1 Å². The number of rotatable bonds is 1. The lowest BCUT2D eigenvalue weighted by atomic mass is 10.1. The molecule has 1 nitrogen and oxygen atoms in total. The summed E-state index contributed by atoms with van der Waals surface area (Å²) < 4.78 is 17.6. The normalized spacial score (nSPS) is 15.1. The topological polar surface area (TPSA) is 9.23 Å². The first-order chi connectivity index (χ1) is 5.90. The van der Waals surface area contributed by atoms with Crippen LogP contribution in [0.4, 0.5) is 3.89 Å². The summed E-state index contributed by atoms with van der Waals surface area (Å²) in [5, 5.41) is 0. The maximum Gasteiger partial charge on any atom is 0.122 e. The number of ether oxygens (including phenoxy) is 1. The molecule has 1 aliphatic heterocycles. The van der Waals surface area contributed by atoms with Crippen LogP contribution in [0.2, 0.25) is 0 Å². The molecule has 0 atom stereocenters. The van der Waals surface area contributed by atoms with Crippen molar-refractivity contribution in [3.8, 4) is 5.75 Å². The average molecular weight is 184 g/mol. The van der Waals surface area contributed by atoms with Crippen LogP contribution in [0.3, 0.4) is 0 Å². The van der Waals surface area contributed by atoms with Gasteiger partial charge in [-0.25, -0.2) is 0 Å². The summed E-state index contributed by atoms with van der Waals surface area (Å²) >= 11 is 0.286. The van der Waals surface area contributed by atoms with Gasteiger partial charge in [0.1, 0.15) is 5.75 Å². The van der Waals surface area contributed by atoms with Gasteiger partial charge in [0.05, 0.1) is 18.8 Å². The first-order valence-corrected chi connectivity index (χ1v) is 4.66. The van der Waals surface area contributed by atoms with Crippen molar-refractivity contribution in [2.24, 2.45) is 0 Å². The molecule has 0 spiro atoms. The molecule has 0 unspecified atom stereocenters. The van der Waals surface area contributed by atoms with E-state index in [1.165, 1.54) is 0 Å². The lowest BCUT2D eigenvalue weighted by Gasteiger charge is -2.16. The molecule has 64 valence electrons. The molecule has 0 aliphatic carbocycles. The molecule has 0 saturated carbocycles. The first-order valence-electron chi connectivity index (χ1n) is 3.94. The average Bonchev–Trinajstić information content (AvgIpc) is 2.17. The van der Waals surface area contributed by atoms with Crippen molar-refractivity contribution < 1.29 is 8.62 Å². The van der Waals surface area contributed by atoms with Crippen molar-refractivity contribution in [3.63, 3.8) is 0 Å². The van der Waals surface area contributed by atoms with Crippen molar-refractivity contribution in [1.29, 1.82) is 0 Å². The van der Waals surface area contributed by atoms with Gasteiger partial charge in [0.25, 0.3) is 0 Å². The van der Waals surface area contributed by atoms with Crippen molar-refractivity contribution in [3.05, 3.63) is 23.8 Å². The molecule has 1 aromatic rings. The van der Waals surface area contributed by atoms with Gasteiger partial charge in [-0.3, -0.25) is 0 Å². The maximum absolute atomic E-state index is 12.2. The zero-order valence-electron chi connectivity index (χ0n) is 6.55. The van der Waals surface area contributed by atoms with Crippen LogP contribution in [-0.4, -0.2) is 6.61 Å². The summed E-state index contributed by atoms with van der Waals surface area (Å²) in [5.74, 6) is 0.916. The lowest BCUT2D eigenvalue weighted by Crippen LogP contribution is -2.07. The van der Waals surface area contributed by atoms with E-state index in [0.717, 1.165) is 30.8 Å². The molecule has 0 bridgehead atoms. The van der Waals surface area contributed by atoms with Crippen molar-refractivity contribution in [2.45, 2.75) is 17.7 Å². The fourth-order valence-electron chi connectivity index (χ4n) is 1.38. The van der Waals surface area contributed by atoms with E-state index in [2.05, 4.69) is 0 Å². The number of fused-ring (bicyclic) bond motifs is 1. The molecule has 0 fully saturated rings. The third-order valence-corrected chi connectivity index (χ3v) is 2.40. The summed E-state index contributed by atoms with van der Waals surface area (Å²) in [7, 11) is 0. The van der Waals surface area contributed by atoms with E-state index in [1.54, 1.807) is 6.07 Å². The SMILES string of the molecule is FSc1ccc2c(c1)CCCO2. The van der Waals surface area contributed by atoms with Crippen LogP contribution in [0.25, 0.3) is 0 Å². The fraction of sp³-hybridized carbons (Fsp3) is 0.333. The Labute approximate surface area is 75.2 Å². The Bertz CT molecular complexity index is 288. The third kappa shape index (κ3) is 1.41. The van der Waals surface area contributed by atoms with Gasteiger partial charge in [-0.1, -0.05) is 0 Å². The van der Waals surface area contributed by atoms with Gasteiger partial charge < -0.3 is 4.74 Å². The van der Waals surface area contributed by atoms with Crippen molar-refractivity contribution in [1.82, 2.24) is 0 Å². The number of hydrogen-bond acceptors (Lipinski definition) is 2. The predicted octanol–water partition coefficient (Wildman–Crippen LogP) is 2.99. The van der Waals surface area contributed by atoms with E-state index < -0.39 is 0 Å². The third-order valence-electron chi connectivity index (χ3n) is 1.97. The van der Waals surface area contributed by atoms with Gasteiger partial charge in [0.2, 0.25) is 0 Å². The number of halogens is 1. The van der Waals surface area contributed by atoms with Gasteiger partial charge in [0, 0.05) is 4.90 Å². The first kappa shape index (κ1) is 7.92. The van der Waals surface area contributed by atoms with Crippen LogP contribution < -0.4 is 4.74 Å². The molecule has 12 heavy (non-hydrogen) atoms. The van der Waals surface area contributed by atoms with Crippen LogP contribution in [0.1, 0.15) is 12.0 Å². The molecule has 0 radical (unpaired) electrons. The van der Waals surface area contributed by atoms with Gasteiger partial charge in [-0.2, -0.15) is 3.89 Å². The van der Waals surface area contributed by atoms with Gasteiger partial charge in [-0.05, 0) is 36.6 Å². The molecule has 0 amide bonds. The Morgan fingerprint density at radius 2 is 2.33 bits per heavy atom. The van der Waals surface area contributed by atoms with Gasteiger partial charge in [0.15, 0.2) is 0 Å². The Morgan fingerprint density at radius 1 is 1.42 bits per heavy atom. The highest BCUT2D eigenvalue weighted by atomic mass is 32.2. The smallest absolute Gasteiger partial charge is 0.122 e. The van der Waals surface area contributed by atoms with E-state index in [0.29, 0.717) is 4.90 Å². The number of benzene rings is 1. The summed E-state index contributed by atoms with van der Waals surface area (Å²) in [6, 6.07) is 5.45. The molecular formula is C9H9FOS. The summed E-state index contributed by atoms with van der Waals surface area (Å²) in [5.41, 5.74) is 1.13. The molecule has 1 aromatic carbocycles. The monoisotopic (exact) mass is 184 g/mol. The van der Waals surface area contributed by atoms with Gasteiger partial charge >= 0.3 is 0 Å². The van der Waals surface area contributed by atoms with Crippen molar-refractivity contribution >= 4 is 12.1 Å². The van der Waals surface area contributed by atoms with Gasteiger partial charge in [-0.15, -0.1) is 0 Å². The van der Waals surface area contributed by atoms with Crippen LogP contribution in [0, 0.1) is 0 Å². The molecule has 2 rings (SSSR count). The molecular weight excluding hydrogens is 175 g/mol. The summed E-state index contributed by atoms with van der Waals surface area (Å²) in [6.45, 7) is 0.787. The molecule has 0 N–H and O–H groups in total. The van der Waals surface area contributed by atoms with E-state index in [9.17, 15) is 3.89 Å². The van der Waals surface area contributed by atoms with Crippen LogP contribution in [0.15, 0.2) is 23.1 Å². The second-order valence-corrected chi connectivity index (χ2v) is 3.42. The Morgan fingerprint density at radius 3 is 3.17 bits per heavy atom. The summed E-state index contributed by atoms with van der Waals surface area (Å²) in [4.78, 5) is 0.666. The Hall–Kier alpha value is -0.700. The standard InChI is InChI=1S/C9H9FOS/c10-12-8-3-4-9-7(6-8)2-1-5-11-9/h3-4,6H,1-2,5H2. The molecule has 1 heterocycles. The van der Waals surface area contributed by atoms with E-state index in [4.69, 9.17) is 4.74 Å². The second kappa shape index (κ2) is 3.35. The van der Waals surface area contributed by atoms with Crippen LogP contribution in [-0.2, 0) is 6.42 Å². The molecule has 3 heteroatoms. The number of aryl methyl sites for hydroxylation is 1. The molecule has 1 aliphatic rings. The van der Waals surface area contributed by atoms with E-state index in [1.807, 2.05) is 12.1 Å². The van der Waals surface area contributed by atoms with E-state index >= 15 is 0 Å². The highest BCUT2D eigenvalue weighted by molar-refractivity contribution is 7.94. The minimum atomic E-state index is 0.286. The fourth-order valence-corrected chi connectivity index (χ4v) is 1.69. The Kier molecular flexibility index (Phi) is 2.21. The minimum Gasteiger partial charge on any atom is -0.493 e. The van der Waals surface area contributed by atoms with Crippen LogP contribution in [0.5, 0.6) is 5.75 Å². The largest absolute Gasteiger partial charge is 0.493 e. The second-order valence-electron chi connectivity index (χ2n) is 2.80. The number of hydrogen-bond donors (Lipinski definition) is 0. The Balaban J connectivity index is 2.36. The molecule has 0 saturated heterocycles. The van der Waals surface area contributed by atoms with E-state index in [-0.39, 0.29) is 12.1 Å². The summed E-state index contributed by atoms with van der Waals surface area (Å²) in [6.07, 6.45) is 2.04. The zero-order valence-corrected chi connectivity index (χ0v) is 7.36. The zero-order chi connectivity index (χ0) is 8.39. The predicted molar refractivity (Wildman–Crippen MR) is 47.2 cm³/mol. The lowest BCUT2D eigenvalue weighted by molar-refractivity contribution is 0.288. The minimum absolute atomic E-state index is 0.286.